The molecule has 0 atom stereocenters. The van der Waals surface area contributed by atoms with Gasteiger partial charge in [-0.05, 0) is 104 Å². The summed E-state index contributed by atoms with van der Waals surface area (Å²) in [6, 6.07) is 67.0. The van der Waals surface area contributed by atoms with Gasteiger partial charge in [0.2, 0.25) is 0 Å². The standard InChI is InChI=1S/C48H36N2Si/c1-51(2)45-21-13-12-20-39(45)40-29-26-38(32-46(40)51)50(37-18-10-5-11-19-37)44-31-25-34-22-27-41-43(30-24-33-23-28-42(44)48(34)47(33)41)49(35-14-6-3-7-15-35)36-16-8-4-9-17-36/h3-32H,1-2H3. The highest BCUT2D eigenvalue weighted by atomic mass is 28.3. The van der Waals surface area contributed by atoms with Crippen molar-refractivity contribution < 1.29 is 0 Å². The van der Waals surface area contributed by atoms with Crippen LogP contribution >= 0.6 is 0 Å². The largest absolute Gasteiger partial charge is 0.310 e. The Hall–Kier alpha value is -6.16. The highest BCUT2D eigenvalue weighted by Gasteiger charge is 2.37. The van der Waals surface area contributed by atoms with Crippen LogP contribution in [0.25, 0.3) is 43.4 Å². The van der Waals surface area contributed by atoms with Gasteiger partial charge in [-0.3, -0.25) is 0 Å². The van der Waals surface area contributed by atoms with Crippen LogP contribution in [0.2, 0.25) is 13.1 Å². The minimum atomic E-state index is -1.87. The van der Waals surface area contributed by atoms with Gasteiger partial charge in [-0.2, -0.15) is 0 Å². The van der Waals surface area contributed by atoms with Gasteiger partial charge in [0.25, 0.3) is 0 Å². The van der Waals surface area contributed by atoms with Crippen LogP contribution < -0.4 is 20.2 Å². The molecule has 0 fully saturated rings. The van der Waals surface area contributed by atoms with Gasteiger partial charge in [0.05, 0.1) is 11.4 Å². The highest BCUT2D eigenvalue weighted by Crippen LogP contribution is 2.47. The molecule has 0 amide bonds. The van der Waals surface area contributed by atoms with E-state index in [-0.39, 0.29) is 0 Å². The van der Waals surface area contributed by atoms with Crippen LogP contribution in [0.1, 0.15) is 0 Å². The number of fused-ring (bicyclic) bond motifs is 3. The Labute approximate surface area is 299 Å². The molecule has 0 bridgehead atoms. The highest BCUT2D eigenvalue weighted by molar-refractivity contribution is 7.03. The molecule has 0 unspecified atom stereocenters. The molecule has 0 N–H and O–H groups in total. The van der Waals surface area contributed by atoms with Gasteiger partial charge in [0, 0.05) is 33.5 Å². The molecule has 0 saturated heterocycles. The maximum Gasteiger partial charge on any atom is 0.113 e. The van der Waals surface area contributed by atoms with Crippen molar-refractivity contribution in [2.45, 2.75) is 13.1 Å². The zero-order chi connectivity index (χ0) is 34.1. The fourth-order valence-electron chi connectivity index (χ4n) is 8.58. The van der Waals surface area contributed by atoms with Crippen molar-refractivity contribution in [2.75, 3.05) is 9.80 Å². The zero-order valence-electron chi connectivity index (χ0n) is 28.7. The van der Waals surface area contributed by atoms with E-state index < -0.39 is 8.07 Å². The number of hydrogen-bond donors (Lipinski definition) is 0. The predicted molar refractivity (Wildman–Crippen MR) is 222 cm³/mol. The van der Waals surface area contributed by atoms with E-state index in [0.29, 0.717) is 0 Å². The first kappa shape index (κ1) is 29.7. The van der Waals surface area contributed by atoms with Crippen molar-refractivity contribution >= 4 is 84.9 Å². The molecular formula is C48H36N2Si. The first-order chi connectivity index (χ1) is 25.1. The minimum absolute atomic E-state index is 1.14. The van der Waals surface area contributed by atoms with Gasteiger partial charge in [0.15, 0.2) is 0 Å². The number of benzene rings is 9. The lowest BCUT2D eigenvalue weighted by molar-refractivity contribution is 1.30. The Bertz CT molecular complexity index is 2680. The van der Waals surface area contributed by atoms with Crippen LogP contribution in [0.4, 0.5) is 34.1 Å². The van der Waals surface area contributed by atoms with Crippen molar-refractivity contribution in [3.63, 3.8) is 0 Å². The summed E-state index contributed by atoms with van der Waals surface area (Å²) in [6.45, 7) is 4.99. The van der Waals surface area contributed by atoms with Gasteiger partial charge < -0.3 is 9.80 Å². The van der Waals surface area contributed by atoms with E-state index >= 15 is 0 Å². The molecule has 1 aliphatic rings. The summed E-state index contributed by atoms with van der Waals surface area (Å²) in [5.74, 6) is 0. The maximum atomic E-state index is 2.50. The van der Waals surface area contributed by atoms with Gasteiger partial charge in [-0.15, -0.1) is 0 Å². The van der Waals surface area contributed by atoms with E-state index in [1.807, 2.05) is 0 Å². The predicted octanol–water partition coefficient (Wildman–Crippen LogP) is 12.3. The molecule has 3 heteroatoms. The maximum absolute atomic E-state index is 2.50. The molecule has 0 saturated carbocycles. The third kappa shape index (κ3) is 4.55. The topological polar surface area (TPSA) is 6.48 Å². The van der Waals surface area contributed by atoms with E-state index in [2.05, 4.69) is 205 Å². The number of anilines is 6. The molecule has 0 spiro atoms. The molecule has 2 nitrogen and oxygen atoms in total. The SMILES string of the molecule is C[Si]1(C)c2ccccc2-c2ccc(N(c3ccccc3)c3ccc4ccc5c(N(c6ccccc6)c6ccccc6)ccc6ccc3c4c65)cc21. The minimum Gasteiger partial charge on any atom is -0.310 e. The molecule has 9 aromatic rings. The number of rotatable bonds is 6. The average Bonchev–Trinajstić information content (AvgIpc) is 3.42. The molecule has 10 rings (SSSR count). The molecule has 1 heterocycles. The normalized spacial score (nSPS) is 13.1. The summed E-state index contributed by atoms with van der Waals surface area (Å²) < 4.78 is 0. The Morgan fingerprint density at radius 1 is 0.353 bits per heavy atom. The molecule has 0 aliphatic carbocycles. The third-order valence-corrected chi connectivity index (χ3v) is 14.5. The zero-order valence-corrected chi connectivity index (χ0v) is 29.7. The number of para-hydroxylation sites is 3. The first-order valence-corrected chi connectivity index (χ1v) is 20.8. The Morgan fingerprint density at radius 2 is 0.784 bits per heavy atom. The second-order valence-corrected chi connectivity index (χ2v) is 18.5. The second kappa shape index (κ2) is 11.4. The lowest BCUT2D eigenvalue weighted by Gasteiger charge is -2.30. The van der Waals surface area contributed by atoms with Gasteiger partial charge >= 0.3 is 0 Å². The second-order valence-electron chi connectivity index (χ2n) is 14.2. The fraction of sp³-hybridized carbons (Fsp3) is 0.0417. The number of hydrogen-bond acceptors (Lipinski definition) is 2. The molecule has 1 aliphatic heterocycles. The summed E-state index contributed by atoms with van der Waals surface area (Å²) in [6.07, 6.45) is 0. The smallest absolute Gasteiger partial charge is 0.113 e. The van der Waals surface area contributed by atoms with Crippen molar-refractivity contribution in [1.82, 2.24) is 0 Å². The molecule has 242 valence electrons. The number of nitrogens with zero attached hydrogens (tertiary/aromatic N) is 2. The summed E-state index contributed by atoms with van der Waals surface area (Å²) >= 11 is 0. The van der Waals surface area contributed by atoms with E-state index in [9.17, 15) is 0 Å². The van der Waals surface area contributed by atoms with Gasteiger partial charge in [0.1, 0.15) is 8.07 Å². The third-order valence-electron chi connectivity index (χ3n) is 11.0. The van der Waals surface area contributed by atoms with Gasteiger partial charge in [-0.1, -0.05) is 134 Å². The molecule has 0 aromatic heterocycles. The summed E-state index contributed by atoms with van der Waals surface area (Å²) in [7, 11) is -1.87. The molecule has 0 radical (unpaired) electrons. The quantitative estimate of drug-likeness (QED) is 0.129. The summed E-state index contributed by atoms with van der Waals surface area (Å²) in [5, 5.41) is 10.6. The van der Waals surface area contributed by atoms with Crippen LogP contribution in [-0.4, -0.2) is 8.07 Å². The first-order valence-electron chi connectivity index (χ1n) is 17.8. The lowest BCUT2D eigenvalue weighted by atomic mass is 9.91. The van der Waals surface area contributed by atoms with E-state index in [0.717, 1.165) is 17.1 Å². The fourth-order valence-corrected chi connectivity index (χ4v) is 11.7. The van der Waals surface area contributed by atoms with E-state index in [4.69, 9.17) is 0 Å². The monoisotopic (exact) mass is 668 g/mol. The van der Waals surface area contributed by atoms with E-state index in [1.54, 1.807) is 0 Å². The van der Waals surface area contributed by atoms with Gasteiger partial charge in [-0.25, -0.2) is 0 Å². The molecular weight excluding hydrogens is 633 g/mol. The van der Waals surface area contributed by atoms with Crippen molar-refractivity contribution in [1.29, 1.82) is 0 Å². The van der Waals surface area contributed by atoms with Crippen LogP contribution in [0.5, 0.6) is 0 Å². The Kier molecular flexibility index (Phi) is 6.67. The van der Waals surface area contributed by atoms with Crippen LogP contribution in [0, 0.1) is 0 Å². The molecule has 51 heavy (non-hydrogen) atoms. The van der Waals surface area contributed by atoms with Crippen molar-refractivity contribution in [2.24, 2.45) is 0 Å². The lowest BCUT2D eigenvalue weighted by Crippen LogP contribution is -2.49. The van der Waals surface area contributed by atoms with Crippen LogP contribution in [-0.2, 0) is 0 Å². The van der Waals surface area contributed by atoms with Crippen LogP contribution in [0.3, 0.4) is 0 Å². The summed E-state index contributed by atoms with van der Waals surface area (Å²) in [4.78, 5) is 4.86. The van der Waals surface area contributed by atoms with Crippen molar-refractivity contribution in [3.8, 4) is 11.1 Å². The average molecular weight is 669 g/mol. The van der Waals surface area contributed by atoms with E-state index in [1.165, 1.54) is 70.9 Å². The Balaban J connectivity index is 1.21. The van der Waals surface area contributed by atoms with Crippen LogP contribution in [0.15, 0.2) is 182 Å². The summed E-state index contributed by atoms with van der Waals surface area (Å²) in [5.41, 5.74) is 9.78. The van der Waals surface area contributed by atoms with Crippen molar-refractivity contribution in [3.05, 3.63) is 182 Å². The molecule has 9 aromatic carbocycles. The Morgan fingerprint density at radius 3 is 1.31 bits per heavy atom.